The summed E-state index contributed by atoms with van der Waals surface area (Å²) >= 11 is -2.30. The fourth-order valence-corrected chi connectivity index (χ4v) is 11.4. The molecule has 1 aliphatic heterocycles. The van der Waals surface area contributed by atoms with E-state index in [2.05, 4.69) is 111 Å². The zero-order chi connectivity index (χ0) is 21.8. The van der Waals surface area contributed by atoms with E-state index in [1.54, 1.807) is 8.80 Å². The van der Waals surface area contributed by atoms with E-state index in [0.29, 0.717) is 0 Å². The standard InChI is InChI=1S/C29H29GeN/c1-29(2,3)25-17-23(16-20-10-6-8-12-24(20)25)28-19-22(14-15-31-28)27-18-21-11-7-9-13-26(21)30(27,4)5/h6-19H,1-5H3. The molecule has 31 heavy (non-hydrogen) atoms. The van der Waals surface area contributed by atoms with Gasteiger partial charge in [-0.2, -0.15) is 0 Å². The number of hydrogen-bond acceptors (Lipinski definition) is 1. The van der Waals surface area contributed by atoms with E-state index in [1.807, 2.05) is 6.20 Å². The molecule has 0 radical (unpaired) electrons. The molecule has 0 spiro atoms. The van der Waals surface area contributed by atoms with E-state index in [1.165, 1.54) is 33.0 Å². The van der Waals surface area contributed by atoms with Crippen molar-refractivity contribution in [2.45, 2.75) is 37.7 Å². The van der Waals surface area contributed by atoms with Crippen LogP contribution in [0.5, 0.6) is 0 Å². The van der Waals surface area contributed by atoms with Crippen LogP contribution < -0.4 is 4.40 Å². The number of hydrogen-bond donors (Lipinski definition) is 0. The van der Waals surface area contributed by atoms with Crippen LogP contribution in [-0.4, -0.2) is 18.3 Å². The Kier molecular flexibility index (Phi) is 4.71. The molecule has 1 aromatic heterocycles. The molecule has 0 atom stereocenters. The van der Waals surface area contributed by atoms with Gasteiger partial charge < -0.3 is 0 Å². The zero-order valence-electron chi connectivity index (χ0n) is 19.0. The van der Waals surface area contributed by atoms with Gasteiger partial charge in [0.15, 0.2) is 0 Å². The molecule has 0 fully saturated rings. The summed E-state index contributed by atoms with van der Waals surface area (Å²) in [6.45, 7) is 6.87. The zero-order valence-corrected chi connectivity index (χ0v) is 21.1. The summed E-state index contributed by atoms with van der Waals surface area (Å²) in [6.07, 6.45) is 4.41. The Morgan fingerprint density at radius 2 is 1.52 bits per heavy atom. The summed E-state index contributed by atoms with van der Waals surface area (Å²) in [7, 11) is 0. The maximum absolute atomic E-state index is 4.80. The van der Waals surface area contributed by atoms with Crippen LogP contribution in [0, 0.1) is 0 Å². The molecule has 5 rings (SSSR count). The molecule has 0 aliphatic carbocycles. The maximum atomic E-state index is 4.80. The van der Waals surface area contributed by atoms with Crippen LogP contribution in [0.4, 0.5) is 0 Å². The molecule has 0 saturated heterocycles. The van der Waals surface area contributed by atoms with Crippen LogP contribution in [0.3, 0.4) is 0 Å². The molecule has 0 amide bonds. The van der Waals surface area contributed by atoms with Crippen molar-refractivity contribution >= 4 is 38.9 Å². The molecule has 0 unspecified atom stereocenters. The fraction of sp³-hybridized carbons (Fsp3) is 0.207. The molecule has 0 bridgehead atoms. The third kappa shape index (κ3) is 3.45. The van der Waals surface area contributed by atoms with Crippen LogP contribution in [0.1, 0.15) is 37.5 Å². The first-order valence-electron chi connectivity index (χ1n) is 11.1. The van der Waals surface area contributed by atoms with Crippen molar-refractivity contribution in [2.75, 3.05) is 0 Å². The van der Waals surface area contributed by atoms with Crippen LogP contribution in [0.25, 0.3) is 32.5 Å². The summed E-state index contributed by atoms with van der Waals surface area (Å²) in [5.74, 6) is 5.01. The molecule has 0 saturated carbocycles. The first kappa shape index (κ1) is 20.3. The van der Waals surface area contributed by atoms with Crippen molar-refractivity contribution in [2.24, 2.45) is 0 Å². The van der Waals surface area contributed by atoms with Gasteiger partial charge in [-0.15, -0.1) is 0 Å². The molecule has 154 valence electrons. The van der Waals surface area contributed by atoms with E-state index in [9.17, 15) is 0 Å². The number of fused-ring (bicyclic) bond motifs is 2. The Labute approximate surface area is 188 Å². The van der Waals surface area contributed by atoms with Gasteiger partial charge in [-0.25, -0.2) is 0 Å². The van der Waals surface area contributed by atoms with E-state index in [-0.39, 0.29) is 5.41 Å². The van der Waals surface area contributed by atoms with Gasteiger partial charge in [-0.1, -0.05) is 0 Å². The number of aromatic nitrogens is 1. The van der Waals surface area contributed by atoms with Gasteiger partial charge in [0.2, 0.25) is 0 Å². The van der Waals surface area contributed by atoms with Crippen molar-refractivity contribution in [3.8, 4) is 11.3 Å². The van der Waals surface area contributed by atoms with Crippen LogP contribution in [-0.2, 0) is 5.41 Å². The number of pyridine rings is 1. The number of nitrogens with zero attached hydrogens (tertiary/aromatic N) is 1. The average molecular weight is 464 g/mol. The molecule has 0 N–H and O–H groups in total. The molecule has 1 nitrogen and oxygen atoms in total. The minimum atomic E-state index is -2.30. The van der Waals surface area contributed by atoms with Crippen LogP contribution in [0.15, 0.2) is 79.0 Å². The molecule has 2 heteroatoms. The first-order valence-corrected chi connectivity index (χ1v) is 17.4. The molecule has 3 aromatic carbocycles. The van der Waals surface area contributed by atoms with Crippen molar-refractivity contribution in [1.82, 2.24) is 4.98 Å². The fourth-order valence-electron chi connectivity index (χ4n) is 4.95. The Morgan fingerprint density at radius 1 is 0.774 bits per heavy atom. The summed E-state index contributed by atoms with van der Waals surface area (Å²) in [4.78, 5) is 4.80. The molecule has 1 aliphatic rings. The summed E-state index contributed by atoms with van der Waals surface area (Å²) in [5, 5.41) is 2.61. The van der Waals surface area contributed by atoms with Gasteiger partial charge in [0.05, 0.1) is 0 Å². The molecular weight excluding hydrogens is 435 g/mol. The summed E-state index contributed by atoms with van der Waals surface area (Å²) in [5.41, 5.74) is 6.44. The van der Waals surface area contributed by atoms with Gasteiger partial charge in [0.1, 0.15) is 0 Å². The third-order valence-electron chi connectivity index (χ3n) is 6.64. The predicted octanol–water partition coefficient (Wildman–Crippen LogP) is 7.21. The Balaban J connectivity index is 1.65. The van der Waals surface area contributed by atoms with E-state index in [0.717, 1.165) is 5.69 Å². The first-order chi connectivity index (χ1) is 14.7. The summed E-state index contributed by atoms with van der Waals surface area (Å²) in [6, 6.07) is 26.8. The van der Waals surface area contributed by atoms with Gasteiger partial charge in [0.25, 0.3) is 0 Å². The molecular formula is C29H29GeN. The topological polar surface area (TPSA) is 12.9 Å². The van der Waals surface area contributed by atoms with E-state index < -0.39 is 13.3 Å². The van der Waals surface area contributed by atoms with Gasteiger partial charge >= 0.3 is 189 Å². The average Bonchev–Trinajstić information content (AvgIpc) is 3.03. The SMILES string of the molecule is CC(C)(C)c1cc(-c2cc([C]3=Cc4cccc[c]4[Ge]3([CH3])[CH3])ccn2)cc2ccccc12. The predicted molar refractivity (Wildman–Crippen MR) is 137 cm³/mol. The van der Waals surface area contributed by atoms with Crippen molar-refractivity contribution in [3.05, 3.63) is 95.7 Å². The van der Waals surface area contributed by atoms with E-state index >= 15 is 0 Å². The third-order valence-corrected chi connectivity index (χ3v) is 14.2. The minimum absolute atomic E-state index is 0.0696. The van der Waals surface area contributed by atoms with Gasteiger partial charge in [-0.3, -0.25) is 0 Å². The Morgan fingerprint density at radius 3 is 2.29 bits per heavy atom. The Hall–Kier alpha value is -2.65. The molecule has 4 aromatic rings. The number of benzene rings is 3. The Bertz CT molecular complexity index is 1340. The second-order valence-electron chi connectivity index (χ2n) is 10.2. The van der Waals surface area contributed by atoms with E-state index in [4.69, 9.17) is 4.98 Å². The van der Waals surface area contributed by atoms with Crippen molar-refractivity contribution < 1.29 is 0 Å². The second-order valence-corrected chi connectivity index (χ2v) is 19.3. The molecule has 2 heterocycles. The van der Waals surface area contributed by atoms with Gasteiger partial charge in [0, 0.05) is 0 Å². The number of rotatable bonds is 2. The monoisotopic (exact) mass is 465 g/mol. The summed E-state index contributed by atoms with van der Waals surface area (Å²) < 4.78 is 3.12. The van der Waals surface area contributed by atoms with Crippen LogP contribution >= 0.6 is 0 Å². The normalized spacial score (nSPS) is 15.1. The van der Waals surface area contributed by atoms with Crippen molar-refractivity contribution in [3.63, 3.8) is 0 Å². The second kappa shape index (κ2) is 7.20. The van der Waals surface area contributed by atoms with Crippen molar-refractivity contribution in [1.29, 1.82) is 0 Å². The quantitative estimate of drug-likeness (QED) is 0.286. The van der Waals surface area contributed by atoms with Crippen LogP contribution in [0.2, 0.25) is 11.5 Å². The van der Waals surface area contributed by atoms with Gasteiger partial charge in [-0.05, 0) is 0 Å².